The van der Waals surface area contributed by atoms with E-state index in [0.29, 0.717) is 10.0 Å². The van der Waals surface area contributed by atoms with Gasteiger partial charge in [0.1, 0.15) is 13.3 Å². The summed E-state index contributed by atoms with van der Waals surface area (Å²) in [5.41, 5.74) is 0. The Morgan fingerprint density at radius 3 is 2.42 bits per heavy atom. The van der Waals surface area contributed by atoms with Crippen molar-refractivity contribution in [3.8, 4) is 0 Å². The molecule has 1 fully saturated rings. The predicted octanol–water partition coefficient (Wildman–Crippen LogP) is -0.823. The highest BCUT2D eigenvalue weighted by molar-refractivity contribution is 5.73. The highest BCUT2D eigenvalue weighted by atomic mass is 16.3. The molecule has 2 amide bonds. The maximum Gasteiger partial charge on any atom is 0.360 e. The van der Waals surface area contributed by atoms with Crippen molar-refractivity contribution in [2.24, 2.45) is 16.4 Å². The van der Waals surface area contributed by atoms with Crippen molar-refractivity contribution in [2.75, 3.05) is 13.3 Å². The zero-order valence-corrected chi connectivity index (χ0v) is 5.95. The van der Waals surface area contributed by atoms with Gasteiger partial charge in [-0.15, -0.1) is 9.81 Å². The van der Waals surface area contributed by atoms with Crippen molar-refractivity contribution in [3.63, 3.8) is 0 Å². The SMILES string of the molecule is NN1CN(N=O)CN(N=O)C1=O. The first-order chi connectivity index (χ1) is 5.69. The molecular formula is C3H6N6O3. The minimum absolute atomic E-state index is 0.144. The molecule has 1 saturated heterocycles. The summed E-state index contributed by atoms with van der Waals surface area (Å²) in [5.74, 6) is 5.11. The third-order valence-electron chi connectivity index (χ3n) is 1.29. The molecule has 0 aromatic rings. The van der Waals surface area contributed by atoms with Gasteiger partial charge in [0.2, 0.25) is 0 Å². The topological polar surface area (TPSA) is 112 Å². The van der Waals surface area contributed by atoms with Gasteiger partial charge >= 0.3 is 6.03 Å². The molecular weight excluding hydrogens is 168 g/mol. The molecule has 1 aliphatic rings. The van der Waals surface area contributed by atoms with Crippen LogP contribution in [-0.2, 0) is 0 Å². The number of hydrogen-bond donors (Lipinski definition) is 1. The Labute approximate surface area is 66.5 Å². The highest BCUT2D eigenvalue weighted by Gasteiger charge is 2.29. The van der Waals surface area contributed by atoms with E-state index in [-0.39, 0.29) is 13.3 Å². The lowest BCUT2D eigenvalue weighted by molar-refractivity contribution is 0.0337. The van der Waals surface area contributed by atoms with Gasteiger partial charge in [-0.05, 0) is 0 Å². The van der Waals surface area contributed by atoms with E-state index in [1.54, 1.807) is 0 Å². The van der Waals surface area contributed by atoms with E-state index in [1.165, 1.54) is 0 Å². The number of hydrogen-bond acceptors (Lipinski definition) is 6. The van der Waals surface area contributed by atoms with Crippen molar-refractivity contribution in [2.45, 2.75) is 0 Å². The van der Waals surface area contributed by atoms with Gasteiger partial charge in [0.15, 0.2) is 0 Å². The van der Waals surface area contributed by atoms with E-state index >= 15 is 0 Å². The molecule has 12 heavy (non-hydrogen) atoms. The van der Waals surface area contributed by atoms with Gasteiger partial charge in [-0.3, -0.25) is 0 Å². The summed E-state index contributed by atoms with van der Waals surface area (Å²) >= 11 is 0. The van der Waals surface area contributed by atoms with Crippen LogP contribution in [0.2, 0.25) is 0 Å². The summed E-state index contributed by atoms with van der Waals surface area (Å²) in [4.78, 5) is 30.8. The van der Waals surface area contributed by atoms with E-state index < -0.39 is 6.03 Å². The molecule has 1 aliphatic heterocycles. The van der Waals surface area contributed by atoms with Crippen molar-refractivity contribution < 1.29 is 4.79 Å². The average Bonchev–Trinajstić information content (AvgIpc) is 2.09. The number of urea groups is 1. The monoisotopic (exact) mass is 174 g/mol. The fraction of sp³-hybridized carbons (Fsp3) is 0.667. The Morgan fingerprint density at radius 1 is 1.25 bits per heavy atom. The van der Waals surface area contributed by atoms with Crippen LogP contribution < -0.4 is 5.84 Å². The van der Waals surface area contributed by atoms with Crippen LogP contribution in [0.3, 0.4) is 0 Å². The second-order valence-corrected chi connectivity index (χ2v) is 2.10. The minimum atomic E-state index is -0.759. The van der Waals surface area contributed by atoms with E-state index in [9.17, 15) is 14.6 Å². The minimum Gasteiger partial charge on any atom is -0.245 e. The predicted molar refractivity (Wildman–Crippen MR) is 36.4 cm³/mol. The van der Waals surface area contributed by atoms with Crippen LogP contribution in [0.4, 0.5) is 4.79 Å². The first-order valence-corrected chi connectivity index (χ1v) is 2.94. The number of carbonyl (C=O) groups excluding carboxylic acids is 1. The summed E-state index contributed by atoms with van der Waals surface area (Å²) in [6.07, 6.45) is 0. The number of carbonyl (C=O) groups is 1. The van der Waals surface area contributed by atoms with Gasteiger partial charge in [0.05, 0.1) is 10.6 Å². The quantitative estimate of drug-likeness (QED) is 0.334. The lowest BCUT2D eigenvalue weighted by atomic mass is 10.7. The lowest BCUT2D eigenvalue weighted by Crippen LogP contribution is -2.57. The van der Waals surface area contributed by atoms with Crippen LogP contribution in [-0.4, -0.2) is 34.4 Å². The van der Waals surface area contributed by atoms with Crippen molar-refractivity contribution >= 4 is 6.03 Å². The third-order valence-corrected chi connectivity index (χ3v) is 1.29. The number of amides is 2. The largest absolute Gasteiger partial charge is 0.360 e. The van der Waals surface area contributed by atoms with Crippen molar-refractivity contribution in [3.05, 3.63) is 9.81 Å². The summed E-state index contributed by atoms with van der Waals surface area (Å²) < 4.78 is 0. The molecule has 1 heterocycles. The normalized spacial score (nSPS) is 18.1. The van der Waals surface area contributed by atoms with E-state index in [1.807, 2.05) is 0 Å². The number of nitrogens with two attached hydrogens (primary N) is 1. The lowest BCUT2D eigenvalue weighted by Gasteiger charge is -2.31. The molecule has 0 aliphatic carbocycles. The average molecular weight is 174 g/mol. The zero-order valence-electron chi connectivity index (χ0n) is 5.95. The molecule has 0 atom stereocenters. The Hall–Kier alpha value is -1.77. The Morgan fingerprint density at radius 2 is 1.92 bits per heavy atom. The van der Waals surface area contributed by atoms with Crippen LogP contribution in [0.15, 0.2) is 10.6 Å². The Bertz CT molecular complexity index is 218. The van der Waals surface area contributed by atoms with E-state index in [0.717, 1.165) is 5.01 Å². The smallest absolute Gasteiger partial charge is 0.245 e. The number of rotatable bonds is 2. The maximum absolute atomic E-state index is 10.9. The van der Waals surface area contributed by atoms with Gasteiger partial charge in [-0.2, -0.15) is 5.01 Å². The molecule has 66 valence electrons. The van der Waals surface area contributed by atoms with Gasteiger partial charge in [0.25, 0.3) is 0 Å². The molecule has 0 saturated carbocycles. The molecule has 1 rings (SSSR count). The standard InChI is InChI=1S/C3H6N6O3/c4-8-1-7(5-11)2-9(6-12)3(8)10/h1-2,4H2. The van der Waals surface area contributed by atoms with Crippen molar-refractivity contribution in [1.82, 2.24) is 15.0 Å². The summed E-state index contributed by atoms with van der Waals surface area (Å²) in [5, 5.41) is 6.88. The maximum atomic E-state index is 10.9. The molecule has 9 heteroatoms. The first-order valence-electron chi connectivity index (χ1n) is 2.94. The summed E-state index contributed by atoms with van der Waals surface area (Å²) in [6.45, 7) is -0.409. The van der Waals surface area contributed by atoms with Crippen LogP contribution in [0.5, 0.6) is 0 Å². The molecule has 0 spiro atoms. The van der Waals surface area contributed by atoms with Crippen LogP contribution >= 0.6 is 0 Å². The van der Waals surface area contributed by atoms with Gasteiger partial charge in [-0.25, -0.2) is 20.7 Å². The zero-order chi connectivity index (χ0) is 9.14. The second-order valence-electron chi connectivity index (χ2n) is 2.10. The molecule has 9 nitrogen and oxygen atoms in total. The first kappa shape index (κ1) is 8.33. The van der Waals surface area contributed by atoms with Gasteiger partial charge in [0, 0.05) is 0 Å². The number of nitrogens with zero attached hydrogens (tertiary/aromatic N) is 5. The molecule has 2 N–H and O–H groups in total. The Kier molecular flexibility index (Phi) is 2.14. The molecule has 0 radical (unpaired) electrons. The molecule has 0 bridgehead atoms. The summed E-state index contributed by atoms with van der Waals surface area (Å²) in [7, 11) is 0. The number of hydrazine groups is 1. The molecule has 0 aromatic carbocycles. The highest BCUT2D eigenvalue weighted by Crippen LogP contribution is 2.06. The van der Waals surface area contributed by atoms with E-state index in [4.69, 9.17) is 5.84 Å². The van der Waals surface area contributed by atoms with Gasteiger partial charge < -0.3 is 0 Å². The van der Waals surface area contributed by atoms with Crippen molar-refractivity contribution in [1.29, 1.82) is 0 Å². The van der Waals surface area contributed by atoms with Gasteiger partial charge in [-0.1, -0.05) is 0 Å². The second kappa shape index (κ2) is 3.09. The fourth-order valence-electron chi connectivity index (χ4n) is 0.757. The van der Waals surface area contributed by atoms with Crippen LogP contribution in [0.25, 0.3) is 0 Å². The Balaban J connectivity index is 2.70. The third kappa shape index (κ3) is 1.29. The van der Waals surface area contributed by atoms with Crippen LogP contribution in [0.1, 0.15) is 0 Å². The van der Waals surface area contributed by atoms with Crippen LogP contribution in [0, 0.1) is 9.81 Å². The summed E-state index contributed by atoms with van der Waals surface area (Å²) in [6, 6.07) is -0.759. The molecule has 0 aromatic heterocycles. The number of nitroso groups, excluding NO2 is 2. The fourth-order valence-corrected chi connectivity index (χ4v) is 0.757. The van der Waals surface area contributed by atoms with E-state index in [2.05, 4.69) is 10.6 Å². The molecule has 0 unspecified atom stereocenters.